The fourth-order valence-electron chi connectivity index (χ4n) is 1.21. The first-order chi connectivity index (χ1) is 6.59. The Bertz CT molecular complexity index is 478. The Kier molecular flexibility index (Phi) is 2.49. The normalized spacial score (nSPS) is 11.5. The van der Waals surface area contributed by atoms with Gasteiger partial charge in [-0.1, -0.05) is 25.4 Å². The van der Waals surface area contributed by atoms with Crippen LogP contribution in [0.2, 0.25) is 5.15 Å². The average molecular weight is 275 g/mol. The summed E-state index contributed by atoms with van der Waals surface area (Å²) in [7, 11) is 0. The van der Waals surface area contributed by atoms with Crippen molar-refractivity contribution in [2.45, 2.75) is 19.8 Å². The molecule has 0 saturated carbocycles. The highest BCUT2D eigenvalue weighted by Gasteiger charge is 2.10. The van der Waals surface area contributed by atoms with Crippen molar-refractivity contribution >= 4 is 33.2 Å². The minimum Gasteiger partial charge on any atom is -0.232 e. The molecule has 0 unspecified atom stereocenters. The Hall–Kier alpha value is -0.610. The van der Waals surface area contributed by atoms with Crippen LogP contribution < -0.4 is 0 Å². The molecule has 0 radical (unpaired) electrons. The molecule has 14 heavy (non-hydrogen) atoms. The molecule has 2 heterocycles. The SMILES string of the molecule is CC(C)c1cc(Cl)n2ncc(Br)c2n1. The number of rotatable bonds is 1. The van der Waals surface area contributed by atoms with Crippen LogP contribution in [0.15, 0.2) is 16.7 Å². The van der Waals surface area contributed by atoms with E-state index in [1.54, 1.807) is 10.7 Å². The summed E-state index contributed by atoms with van der Waals surface area (Å²) in [5, 5.41) is 4.68. The zero-order chi connectivity index (χ0) is 10.3. The average Bonchev–Trinajstić information content (AvgIpc) is 2.48. The summed E-state index contributed by atoms with van der Waals surface area (Å²) in [5.41, 5.74) is 1.74. The lowest BCUT2D eigenvalue weighted by atomic mass is 10.1. The molecule has 2 aromatic heterocycles. The third kappa shape index (κ3) is 1.53. The maximum atomic E-state index is 6.06. The number of halogens is 2. The van der Waals surface area contributed by atoms with E-state index in [2.05, 4.69) is 39.9 Å². The standard InChI is InChI=1S/C9H9BrClN3/c1-5(2)7-3-8(11)14-9(13-7)6(10)4-12-14/h3-5H,1-2H3. The van der Waals surface area contributed by atoms with E-state index in [9.17, 15) is 0 Å². The molecule has 0 N–H and O–H groups in total. The smallest absolute Gasteiger partial charge is 0.171 e. The summed E-state index contributed by atoms with van der Waals surface area (Å²) < 4.78 is 2.47. The summed E-state index contributed by atoms with van der Waals surface area (Å²) in [6.45, 7) is 4.17. The van der Waals surface area contributed by atoms with Crippen LogP contribution in [0.4, 0.5) is 0 Å². The topological polar surface area (TPSA) is 30.2 Å². The molecule has 0 aromatic carbocycles. The third-order valence-electron chi connectivity index (χ3n) is 2.00. The molecule has 74 valence electrons. The van der Waals surface area contributed by atoms with Gasteiger partial charge < -0.3 is 0 Å². The molecule has 0 bridgehead atoms. The van der Waals surface area contributed by atoms with Crippen molar-refractivity contribution in [1.29, 1.82) is 0 Å². The van der Waals surface area contributed by atoms with Gasteiger partial charge in [-0.2, -0.15) is 5.10 Å². The lowest BCUT2D eigenvalue weighted by molar-refractivity contribution is 0.808. The maximum absolute atomic E-state index is 6.06. The van der Waals surface area contributed by atoms with Gasteiger partial charge in [0.05, 0.1) is 10.7 Å². The van der Waals surface area contributed by atoms with Crippen LogP contribution in [0.5, 0.6) is 0 Å². The summed E-state index contributed by atoms with van der Waals surface area (Å²) in [5.74, 6) is 0.360. The number of aromatic nitrogens is 3. The van der Waals surface area contributed by atoms with Gasteiger partial charge in [0.2, 0.25) is 0 Å². The molecule has 0 atom stereocenters. The minimum absolute atomic E-state index is 0.360. The quantitative estimate of drug-likeness (QED) is 0.747. The summed E-state index contributed by atoms with van der Waals surface area (Å²) >= 11 is 9.44. The molecular formula is C9H9BrClN3. The first-order valence-electron chi connectivity index (χ1n) is 4.29. The molecule has 0 aliphatic rings. The van der Waals surface area contributed by atoms with Crippen molar-refractivity contribution < 1.29 is 0 Å². The minimum atomic E-state index is 0.360. The van der Waals surface area contributed by atoms with Gasteiger partial charge in [0.15, 0.2) is 5.65 Å². The van der Waals surface area contributed by atoms with Crippen molar-refractivity contribution in [3.63, 3.8) is 0 Å². The second kappa shape index (κ2) is 3.51. The van der Waals surface area contributed by atoms with Gasteiger partial charge in [0, 0.05) is 5.69 Å². The van der Waals surface area contributed by atoms with E-state index in [-0.39, 0.29) is 0 Å². The number of nitrogens with zero attached hydrogens (tertiary/aromatic N) is 3. The zero-order valence-corrected chi connectivity index (χ0v) is 10.2. The largest absolute Gasteiger partial charge is 0.232 e. The Morgan fingerprint density at radius 2 is 2.21 bits per heavy atom. The second-order valence-corrected chi connectivity index (χ2v) is 4.63. The van der Waals surface area contributed by atoms with Gasteiger partial charge in [-0.25, -0.2) is 9.50 Å². The predicted molar refractivity (Wildman–Crippen MR) is 59.8 cm³/mol. The van der Waals surface area contributed by atoms with E-state index in [0.29, 0.717) is 11.1 Å². The van der Waals surface area contributed by atoms with Gasteiger partial charge in [-0.05, 0) is 27.9 Å². The van der Waals surface area contributed by atoms with Crippen LogP contribution in [-0.4, -0.2) is 14.6 Å². The Balaban J connectivity index is 2.75. The molecule has 0 spiro atoms. The van der Waals surface area contributed by atoms with Crippen LogP contribution in [0.3, 0.4) is 0 Å². The molecule has 0 saturated heterocycles. The highest BCUT2D eigenvalue weighted by molar-refractivity contribution is 9.10. The van der Waals surface area contributed by atoms with E-state index >= 15 is 0 Å². The fourth-order valence-corrected chi connectivity index (χ4v) is 1.80. The van der Waals surface area contributed by atoms with Crippen molar-refractivity contribution in [2.24, 2.45) is 0 Å². The van der Waals surface area contributed by atoms with E-state index in [1.165, 1.54) is 0 Å². The van der Waals surface area contributed by atoms with Crippen LogP contribution >= 0.6 is 27.5 Å². The zero-order valence-electron chi connectivity index (χ0n) is 7.83. The molecule has 0 amide bonds. The molecule has 0 aliphatic heterocycles. The van der Waals surface area contributed by atoms with Crippen molar-refractivity contribution in [3.05, 3.63) is 27.6 Å². The van der Waals surface area contributed by atoms with Crippen LogP contribution in [0, 0.1) is 0 Å². The second-order valence-electron chi connectivity index (χ2n) is 3.39. The van der Waals surface area contributed by atoms with Crippen molar-refractivity contribution in [2.75, 3.05) is 0 Å². The lowest BCUT2D eigenvalue weighted by Gasteiger charge is -2.05. The number of fused-ring (bicyclic) bond motifs is 1. The Labute approximate surface area is 95.2 Å². The van der Waals surface area contributed by atoms with Crippen LogP contribution in [-0.2, 0) is 0 Å². The van der Waals surface area contributed by atoms with Crippen molar-refractivity contribution in [3.8, 4) is 0 Å². The maximum Gasteiger partial charge on any atom is 0.171 e. The molecule has 5 heteroatoms. The van der Waals surface area contributed by atoms with E-state index in [1.807, 2.05) is 6.07 Å². The highest BCUT2D eigenvalue weighted by Crippen LogP contribution is 2.23. The van der Waals surface area contributed by atoms with Gasteiger partial charge in [0.1, 0.15) is 5.15 Å². The first kappa shape index (κ1) is 9.93. The van der Waals surface area contributed by atoms with Gasteiger partial charge in [-0.3, -0.25) is 0 Å². The number of hydrogen-bond acceptors (Lipinski definition) is 2. The van der Waals surface area contributed by atoms with E-state index in [4.69, 9.17) is 11.6 Å². The molecule has 3 nitrogen and oxygen atoms in total. The summed E-state index contributed by atoms with van der Waals surface area (Å²) in [4.78, 5) is 4.46. The molecule has 0 fully saturated rings. The van der Waals surface area contributed by atoms with Crippen molar-refractivity contribution in [1.82, 2.24) is 14.6 Å². The molecule has 2 rings (SSSR count). The fraction of sp³-hybridized carbons (Fsp3) is 0.333. The Morgan fingerprint density at radius 1 is 1.50 bits per heavy atom. The predicted octanol–water partition coefficient (Wildman–Crippen LogP) is 3.27. The molecular weight excluding hydrogens is 265 g/mol. The van der Waals surface area contributed by atoms with Gasteiger partial charge in [0.25, 0.3) is 0 Å². The first-order valence-corrected chi connectivity index (χ1v) is 5.46. The van der Waals surface area contributed by atoms with E-state index < -0.39 is 0 Å². The van der Waals surface area contributed by atoms with Crippen LogP contribution in [0.25, 0.3) is 5.65 Å². The summed E-state index contributed by atoms with van der Waals surface area (Å²) in [6.07, 6.45) is 1.69. The van der Waals surface area contributed by atoms with Gasteiger partial charge >= 0.3 is 0 Å². The summed E-state index contributed by atoms with van der Waals surface area (Å²) in [6, 6.07) is 1.85. The van der Waals surface area contributed by atoms with Crippen LogP contribution in [0.1, 0.15) is 25.5 Å². The Morgan fingerprint density at radius 3 is 2.86 bits per heavy atom. The molecule has 0 aliphatic carbocycles. The lowest BCUT2D eigenvalue weighted by Crippen LogP contribution is -1.98. The van der Waals surface area contributed by atoms with E-state index in [0.717, 1.165) is 15.8 Å². The number of hydrogen-bond donors (Lipinski definition) is 0. The third-order valence-corrected chi connectivity index (χ3v) is 2.83. The van der Waals surface area contributed by atoms with Gasteiger partial charge in [-0.15, -0.1) is 0 Å². The molecule has 2 aromatic rings. The highest BCUT2D eigenvalue weighted by atomic mass is 79.9. The monoisotopic (exact) mass is 273 g/mol.